The molecule has 0 unspecified atom stereocenters. The molecule has 1 aromatic heterocycles. The number of amides is 2. The predicted octanol–water partition coefficient (Wildman–Crippen LogP) is 3.46. The third-order valence-electron chi connectivity index (χ3n) is 2.80. The van der Waals surface area contributed by atoms with Crippen LogP contribution < -0.4 is 10.6 Å². The van der Waals surface area contributed by atoms with E-state index in [2.05, 4.69) is 15.6 Å². The molecule has 23 heavy (non-hydrogen) atoms. The second-order valence-electron chi connectivity index (χ2n) is 6.14. The van der Waals surface area contributed by atoms with Crippen molar-refractivity contribution in [1.82, 2.24) is 10.3 Å². The van der Waals surface area contributed by atoms with Gasteiger partial charge in [0.1, 0.15) is 5.60 Å². The lowest BCUT2D eigenvalue weighted by molar-refractivity contribution is -0.116. The minimum atomic E-state index is -0.547. The van der Waals surface area contributed by atoms with Crippen LogP contribution in [-0.4, -0.2) is 29.1 Å². The second-order valence-corrected chi connectivity index (χ2v) is 7.38. The molecule has 0 radical (unpaired) electrons. The van der Waals surface area contributed by atoms with Gasteiger partial charge in [-0.25, -0.2) is 9.78 Å². The Hall–Kier alpha value is -2.15. The minimum absolute atomic E-state index is 0.165. The van der Waals surface area contributed by atoms with Crippen LogP contribution in [0.2, 0.25) is 0 Å². The van der Waals surface area contributed by atoms with Gasteiger partial charge in [-0.2, -0.15) is 0 Å². The van der Waals surface area contributed by atoms with Crippen LogP contribution in [0.3, 0.4) is 0 Å². The monoisotopic (exact) mass is 335 g/mol. The second kappa shape index (κ2) is 6.95. The lowest BCUT2D eigenvalue weighted by atomic mass is 10.2. The molecule has 124 valence electrons. The first kappa shape index (κ1) is 17.2. The van der Waals surface area contributed by atoms with Gasteiger partial charge in [0.2, 0.25) is 5.91 Å². The first-order valence-corrected chi connectivity index (χ1v) is 8.18. The average molecular weight is 335 g/mol. The summed E-state index contributed by atoms with van der Waals surface area (Å²) in [5.41, 5.74) is 1.11. The van der Waals surface area contributed by atoms with Crippen molar-refractivity contribution in [2.45, 2.75) is 39.7 Å². The van der Waals surface area contributed by atoms with E-state index in [4.69, 9.17) is 4.74 Å². The predicted molar refractivity (Wildman–Crippen MR) is 91.8 cm³/mol. The molecule has 0 saturated heterocycles. The molecule has 1 heterocycles. The number of hydrogen-bond acceptors (Lipinski definition) is 5. The van der Waals surface area contributed by atoms with Crippen molar-refractivity contribution in [2.24, 2.45) is 0 Å². The van der Waals surface area contributed by atoms with E-state index < -0.39 is 11.7 Å². The van der Waals surface area contributed by atoms with E-state index in [1.54, 1.807) is 32.1 Å². The van der Waals surface area contributed by atoms with E-state index in [1.807, 2.05) is 25.1 Å². The van der Waals surface area contributed by atoms with E-state index in [-0.39, 0.29) is 18.9 Å². The Morgan fingerprint density at radius 1 is 1.30 bits per heavy atom. The van der Waals surface area contributed by atoms with Crippen LogP contribution in [0.5, 0.6) is 0 Å². The number of benzene rings is 1. The summed E-state index contributed by atoms with van der Waals surface area (Å²) in [5.74, 6) is -0.165. The molecule has 6 nitrogen and oxygen atoms in total. The quantitative estimate of drug-likeness (QED) is 0.896. The van der Waals surface area contributed by atoms with Gasteiger partial charge in [0, 0.05) is 18.7 Å². The summed E-state index contributed by atoms with van der Waals surface area (Å²) in [6.45, 7) is 7.54. The van der Waals surface area contributed by atoms with E-state index in [9.17, 15) is 9.59 Å². The number of alkyl carbamates (subject to hydrolysis) is 1. The molecule has 0 aliphatic heterocycles. The number of carbonyl (C=O) groups excluding carboxylic acids is 2. The van der Waals surface area contributed by atoms with Gasteiger partial charge >= 0.3 is 6.09 Å². The topological polar surface area (TPSA) is 80.3 Å². The molecule has 2 amide bonds. The molecule has 2 N–H and O–H groups in total. The summed E-state index contributed by atoms with van der Waals surface area (Å²) < 4.78 is 6.14. The Bertz CT molecular complexity index is 719. The van der Waals surface area contributed by atoms with Crippen molar-refractivity contribution >= 4 is 39.2 Å². The van der Waals surface area contributed by atoms with Crippen LogP contribution in [0, 0.1) is 6.92 Å². The SMILES string of the molecule is Cc1nc2ccc(NC(=O)CCNC(=O)OC(C)(C)C)cc2s1. The Labute approximate surface area is 139 Å². The number of rotatable bonds is 4. The van der Waals surface area contributed by atoms with Gasteiger partial charge in [-0.3, -0.25) is 4.79 Å². The number of ether oxygens (including phenoxy) is 1. The maximum atomic E-state index is 11.9. The van der Waals surface area contributed by atoms with Crippen molar-refractivity contribution in [3.8, 4) is 0 Å². The van der Waals surface area contributed by atoms with Gasteiger partial charge in [0.15, 0.2) is 0 Å². The number of hydrogen-bond donors (Lipinski definition) is 2. The molecular formula is C16H21N3O3S. The van der Waals surface area contributed by atoms with Gasteiger partial charge in [0.05, 0.1) is 15.2 Å². The van der Waals surface area contributed by atoms with E-state index >= 15 is 0 Å². The molecule has 0 bridgehead atoms. The number of anilines is 1. The number of aryl methyl sites for hydroxylation is 1. The molecule has 0 saturated carbocycles. The third kappa shape index (κ3) is 5.52. The fourth-order valence-corrected chi connectivity index (χ4v) is 2.80. The van der Waals surface area contributed by atoms with E-state index in [0.29, 0.717) is 0 Å². The summed E-state index contributed by atoms with van der Waals surface area (Å²) in [6, 6.07) is 5.60. The highest BCUT2D eigenvalue weighted by molar-refractivity contribution is 7.18. The number of aromatic nitrogens is 1. The van der Waals surface area contributed by atoms with Gasteiger partial charge in [0.25, 0.3) is 0 Å². The first-order valence-electron chi connectivity index (χ1n) is 7.37. The Kier molecular flexibility index (Phi) is 5.20. The molecule has 0 aliphatic rings. The molecule has 0 spiro atoms. The summed E-state index contributed by atoms with van der Waals surface area (Å²) in [4.78, 5) is 27.8. The van der Waals surface area contributed by atoms with Gasteiger partial charge in [-0.15, -0.1) is 11.3 Å². The smallest absolute Gasteiger partial charge is 0.407 e. The minimum Gasteiger partial charge on any atom is -0.444 e. The van der Waals surface area contributed by atoms with E-state index in [1.165, 1.54) is 0 Å². The van der Waals surface area contributed by atoms with Crippen LogP contribution >= 0.6 is 11.3 Å². The van der Waals surface area contributed by atoms with Crippen molar-refractivity contribution in [1.29, 1.82) is 0 Å². The number of carbonyl (C=O) groups is 2. The standard InChI is InChI=1S/C16H21N3O3S/c1-10-18-12-6-5-11(9-13(12)23-10)19-14(20)7-8-17-15(21)22-16(2,3)4/h5-6,9H,7-8H2,1-4H3,(H,17,21)(H,19,20). The molecule has 7 heteroatoms. The third-order valence-corrected chi connectivity index (χ3v) is 3.73. The maximum Gasteiger partial charge on any atom is 0.407 e. The normalized spacial score (nSPS) is 11.3. The summed E-state index contributed by atoms with van der Waals surface area (Å²) in [7, 11) is 0. The zero-order valence-electron chi connectivity index (χ0n) is 13.7. The highest BCUT2D eigenvalue weighted by atomic mass is 32.1. The van der Waals surface area contributed by atoms with Gasteiger partial charge in [-0.05, 0) is 45.9 Å². The number of fused-ring (bicyclic) bond motifs is 1. The van der Waals surface area contributed by atoms with Gasteiger partial charge in [-0.1, -0.05) is 0 Å². The first-order chi connectivity index (χ1) is 10.7. The number of nitrogens with zero attached hydrogens (tertiary/aromatic N) is 1. The van der Waals surface area contributed by atoms with Crippen molar-refractivity contribution in [3.05, 3.63) is 23.2 Å². The van der Waals surface area contributed by atoms with Crippen LogP contribution in [0.15, 0.2) is 18.2 Å². The van der Waals surface area contributed by atoms with Crippen molar-refractivity contribution in [3.63, 3.8) is 0 Å². The molecule has 0 atom stereocenters. The molecule has 2 rings (SSSR count). The Morgan fingerprint density at radius 2 is 2.04 bits per heavy atom. The average Bonchev–Trinajstić information content (AvgIpc) is 2.75. The Morgan fingerprint density at radius 3 is 2.74 bits per heavy atom. The molecular weight excluding hydrogens is 314 g/mol. The highest BCUT2D eigenvalue weighted by Crippen LogP contribution is 2.24. The van der Waals surface area contributed by atoms with Gasteiger partial charge < -0.3 is 15.4 Å². The molecule has 1 aromatic carbocycles. The fraction of sp³-hybridized carbons (Fsp3) is 0.438. The zero-order valence-corrected chi connectivity index (χ0v) is 14.5. The summed E-state index contributed by atoms with van der Waals surface area (Å²) in [5, 5.41) is 6.36. The highest BCUT2D eigenvalue weighted by Gasteiger charge is 2.15. The Balaban J connectivity index is 1.80. The molecule has 0 aliphatic carbocycles. The van der Waals surface area contributed by atoms with Crippen molar-refractivity contribution < 1.29 is 14.3 Å². The molecule has 0 fully saturated rings. The fourth-order valence-electron chi connectivity index (χ4n) is 1.93. The molecule has 2 aromatic rings. The van der Waals surface area contributed by atoms with Crippen molar-refractivity contribution in [2.75, 3.05) is 11.9 Å². The summed E-state index contributed by atoms with van der Waals surface area (Å²) >= 11 is 1.58. The largest absolute Gasteiger partial charge is 0.444 e. The number of nitrogens with one attached hydrogen (secondary N) is 2. The lowest BCUT2D eigenvalue weighted by Gasteiger charge is -2.19. The zero-order chi connectivity index (χ0) is 17.0. The van der Waals surface area contributed by atoms with Crippen LogP contribution in [0.1, 0.15) is 32.2 Å². The van der Waals surface area contributed by atoms with Crippen LogP contribution in [0.4, 0.5) is 10.5 Å². The number of thiazole rings is 1. The summed E-state index contributed by atoms with van der Waals surface area (Å²) in [6.07, 6.45) is -0.342. The van der Waals surface area contributed by atoms with Crippen LogP contribution in [-0.2, 0) is 9.53 Å². The van der Waals surface area contributed by atoms with Crippen LogP contribution in [0.25, 0.3) is 10.2 Å². The lowest BCUT2D eigenvalue weighted by Crippen LogP contribution is -2.34. The van der Waals surface area contributed by atoms with E-state index in [0.717, 1.165) is 20.9 Å². The maximum absolute atomic E-state index is 11.9.